The average Bonchev–Trinajstić information content (AvgIpc) is 3.17. The summed E-state index contributed by atoms with van der Waals surface area (Å²) in [4.78, 5) is 28.7. The molecule has 3 rings (SSSR count). The first-order chi connectivity index (χ1) is 12.2. The molecule has 0 radical (unpaired) electrons. The minimum Gasteiger partial charge on any atom is -0.454 e. The van der Waals surface area contributed by atoms with Gasteiger partial charge in [0.05, 0.1) is 5.92 Å². The first-order valence-corrected chi connectivity index (χ1v) is 8.88. The van der Waals surface area contributed by atoms with Crippen LogP contribution in [0.4, 0.5) is 5.69 Å². The molecule has 0 aliphatic carbocycles. The van der Waals surface area contributed by atoms with E-state index in [2.05, 4.69) is 24.1 Å². The van der Waals surface area contributed by atoms with Gasteiger partial charge in [-0.2, -0.15) is 0 Å². The van der Waals surface area contributed by atoms with Gasteiger partial charge in [-0.25, -0.2) is 0 Å². The van der Waals surface area contributed by atoms with Gasteiger partial charge in [0.15, 0.2) is 11.5 Å². The topological polar surface area (TPSA) is 71.1 Å². The van der Waals surface area contributed by atoms with E-state index in [0.717, 1.165) is 12.2 Å². The Morgan fingerprint density at radius 3 is 2.77 bits per heavy atom. The summed E-state index contributed by atoms with van der Waals surface area (Å²) in [5.74, 6) is 0.875. The lowest BCUT2D eigenvalue weighted by molar-refractivity contribution is -0.126. The molecular formula is C19H27N3O4. The molecule has 2 amide bonds. The van der Waals surface area contributed by atoms with Gasteiger partial charge in [0, 0.05) is 37.8 Å². The maximum Gasteiger partial charge on any atom is 0.231 e. The predicted octanol–water partition coefficient (Wildman–Crippen LogP) is 1.47. The Kier molecular flexibility index (Phi) is 5.09. The monoisotopic (exact) mass is 361 g/mol. The molecule has 0 bridgehead atoms. The van der Waals surface area contributed by atoms with E-state index in [9.17, 15) is 9.59 Å². The number of rotatable bonds is 6. The SMILES string of the molecule is CN(C)CC(C)(C)CNC(=O)C1CC(=O)N(c2ccc3c(c2)OCO3)C1. The summed E-state index contributed by atoms with van der Waals surface area (Å²) in [6, 6.07) is 5.41. The van der Waals surface area contributed by atoms with Crippen LogP contribution in [0.1, 0.15) is 20.3 Å². The number of hydrogen-bond donors (Lipinski definition) is 1. The second-order valence-electron chi connectivity index (χ2n) is 8.06. The maximum absolute atomic E-state index is 12.5. The number of carbonyl (C=O) groups is 2. The largest absolute Gasteiger partial charge is 0.454 e. The molecule has 2 heterocycles. The number of nitrogens with one attached hydrogen (secondary N) is 1. The minimum atomic E-state index is -0.330. The summed E-state index contributed by atoms with van der Waals surface area (Å²) >= 11 is 0. The van der Waals surface area contributed by atoms with Gasteiger partial charge in [-0.3, -0.25) is 9.59 Å². The quantitative estimate of drug-likeness (QED) is 0.831. The van der Waals surface area contributed by atoms with Gasteiger partial charge < -0.3 is 24.6 Å². The highest BCUT2D eigenvalue weighted by Gasteiger charge is 2.36. The van der Waals surface area contributed by atoms with Crippen molar-refractivity contribution in [2.75, 3.05) is 45.4 Å². The van der Waals surface area contributed by atoms with Gasteiger partial charge in [0.2, 0.25) is 18.6 Å². The van der Waals surface area contributed by atoms with Gasteiger partial charge in [-0.1, -0.05) is 13.8 Å². The van der Waals surface area contributed by atoms with Gasteiger partial charge in [0.25, 0.3) is 0 Å². The third-order valence-corrected chi connectivity index (χ3v) is 4.65. The number of hydrogen-bond acceptors (Lipinski definition) is 5. The molecule has 2 aliphatic rings. The fourth-order valence-electron chi connectivity index (χ4n) is 3.57. The van der Waals surface area contributed by atoms with Gasteiger partial charge in [0.1, 0.15) is 0 Å². The average molecular weight is 361 g/mol. The van der Waals surface area contributed by atoms with Crippen LogP contribution in [0.15, 0.2) is 18.2 Å². The molecular weight excluding hydrogens is 334 g/mol. The summed E-state index contributed by atoms with van der Waals surface area (Å²) in [6.07, 6.45) is 0.231. The molecule has 7 nitrogen and oxygen atoms in total. The Balaban J connectivity index is 1.60. The zero-order valence-corrected chi connectivity index (χ0v) is 15.9. The molecule has 26 heavy (non-hydrogen) atoms. The summed E-state index contributed by atoms with van der Waals surface area (Å²) < 4.78 is 10.7. The first-order valence-electron chi connectivity index (χ1n) is 8.88. The zero-order chi connectivity index (χ0) is 18.9. The van der Waals surface area contributed by atoms with Crippen molar-refractivity contribution in [1.29, 1.82) is 0 Å². The van der Waals surface area contributed by atoms with Crippen LogP contribution in [0, 0.1) is 11.3 Å². The second kappa shape index (κ2) is 7.15. The lowest BCUT2D eigenvalue weighted by Crippen LogP contribution is -2.42. The van der Waals surface area contributed by atoms with Gasteiger partial charge in [-0.15, -0.1) is 0 Å². The predicted molar refractivity (Wildman–Crippen MR) is 98.4 cm³/mol. The fourth-order valence-corrected chi connectivity index (χ4v) is 3.57. The van der Waals surface area contributed by atoms with Crippen LogP contribution < -0.4 is 19.7 Å². The van der Waals surface area contributed by atoms with Crippen molar-refractivity contribution in [3.8, 4) is 11.5 Å². The molecule has 0 aromatic heterocycles. The Labute approximate surface area is 154 Å². The van der Waals surface area contributed by atoms with E-state index in [1.54, 1.807) is 17.0 Å². The van der Waals surface area contributed by atoms with E-state index >= 15 is 0 Å². The third-order valence-electron chi connectivity index (χ3n) is 4.65. The number of fused-ring (bicyclic) bond motifs is 1. The number of carbonyl (C=O) groups excluding carboxylic acids is 2. The van der Waals surface area contributed by atoms with Crippen LogP contribution in [0.25, 0.3) is 0 Å². The number of anilines is 1. The minimum absolute atomic E-state index is 0.0290. The number of ether oxygens (including phenoxy) is 2. The van der Waals surface area contributed by atoms with Gasteiger partial charge in [-0.05, 0) is 31.6 Å². The normalized spacial score (nSPS) is 19.3. The van der Waals surface area contributed by atoms with E-state index < -0.39 is 0 Å². The Morgan fingerprint density at radius 1 is 1.31 bits per heavy atom. The van der Waals surface area contributed by atoms with E-state index in [0.29, 0.717) is 24.6 Å². The summed E-state index contributed by atoms with van der Waals surface area (Å²) in [6.45, 7) is 6.27. The lowest BCUT2D eigenvalue weighted by Gasteiger charge is -2.29. The van der Waals surface area contributed by atoms with Crippen molar-refractivity contribution in [2.45, 2.75) is 20.3 Å². The van der Waals surface area contributed by atoms with Crippen LogP contribution in [0.3, 0.4) is 0 Å². The van der Waals surface area contributed by atoms with Crippen molar-refractivity contribution in [1.82, 2.24) is 10.2 Å². The van der Waals surface area contributed by atoms with E-state index in [4.69, 9.17) is 9.47 Å². The molecule has 1 atom stereocenters. The lowest BCUT2D eigenvalue weighted by atomic mass is 9.92. The van der Waals surface area contributed by atoms with E-state index in [1.807, 2.05) is 20.2 Å². The molecule has 1 unspecified atom stereocenters. The highest BCUT2D eigenvalue weighted by Crippen LogP contribution is 2.37. The highest BCUT2D eigenvalue weighted by atomic mass is 16.7. The molecule has 1 fully saturated rings. The van der Waals surface area contributed by atoms with Crippen molar-refractivity contribution in [3.63, 3.8) is 0 Å². The van der Waals surface area contributed by atoms with Crippen LogP contribution in [0.5, 0.6) is 11.5 Å². The summed E-state index contributed by atoms with van der Waals surface area (Å²) in [5.41, 5.74) is 0.709. The van der Waals surface area contributed by atoms with Crippen LogP contribution >= 0.6 is 0 Å². The Bertz CT molecular complexity index is 702. The molecule has 1 saturated heterocycles. The second-order valence-corrected chi connectivity index (χ2v) is 8.06. The molecule has 1 aromatic carbocycles. The number of amides is 2. The van der Waals surface area contributed by atoms with E-state index in [1.165, 1.54) is 0 Å². The highest BCUT2D eigenvalue weighted by molar-refractivity contribution is 6.00. The van der Waals surface area contributed by atoms with Gasteiger partial charge >= 0.3 is 0 Å². The zero-order valence-electron chi connectivity index (χ0n) is 15.9. The van der Waals surface area contributed by atoms with Crippen LogP contribution in [-0.4, -0.2) is 57.2 Å². The van der Waals surface area contributed by atoms with E-state index in [-0.39, 0.29) is 36.4 Å². The molecule has 142 valence electrons. The number of nitrogens with zero attached hydrogens (tertiary/aromatic N) is 2. The van der Waals surface area contributed by atoms with Crippen LogP contribution in [-0.2, 0) is 9.59 Å². The molecule has 1 aromatic rings. The first kappa shape index (κ1) is 18.5. The molecule has 0 spiro atoms. The molecule has 0 saturated carbocycles. The van der Waals surface area contributed by atoms with Crippen molar-refractivity contribution >= 4 is 17.5 Å². The number of benzene rings is 1. The Hall–Kier alpha value is -2.28. The van der Waals surface area contributed by atoms with Crippen LogP contribution in [0.2, 0.25) is 0 Å². The maximum atomic E-state index is 12.5. The summed E-state index contributed by atoms with van der Waals surface area (Å²) in [5, 5.41) is 3.02. The molecule has 7 heteroatoms. The fraction of sp³-hybridized carbons (Fsp3) is 0.579. The van der Waals surface area contributed by atoms with Crippen molar-refractivity contribution < 1.29 is 19.1 Å². The molecule has 1 N–H and O–H groups in total. The summed E-state index contributed by atoms with van der Waals surface area (Å²) in [7, 11) is 4.03. The third kappa shape index (κ3) is 4.09. The van der Waals surface area contributed by atoms with Crippen molar-refractivity contribution in [3.05, 3.63) is 18.2 Å². The molecule has 2 aliphatic heterocycles. The Morgan fingerprint density at radius 2 is 2.04 bits per heavy atom. The smallest absolute Gasteiger partial charge is 0.231 e. The standard InChI is InChI=1S/C19H27N3O4/c1-19(2,11-21(3)4)10-20-18(24)13-7-17(23)22(9-13)14-5-6-15-16(8-14)26-12-25-15/h5-6,8,13H,7,9-12H2,1-4H3,(H,20,24). The van der Waals surface area contributed by atoms with Crippen molar-refractivity contribution in [2.24, 2.45) is 11.3 Å².